The Labute approximate surface area is 245 Å². The Balaban J connectivity index is 1.13. The molecule has 0 unspecified atom stereocenters. The average molecular weight is 593 g/mol. The van der Waals surface area contributed by atoms with Gasteiger partial charge in [-0.1, -0.05) is 30.5 Å². The Morgan fingerprint density at radius 3 is 2.64 bits per heavy atom. The smallest absolute Gasteiger partial charge is 0.244 e. The van der Waals surface area contributed by atoms with Gasteiger partial charge in [0.05, 0.1) is 28.9 Å². The van der Waals surface area contributed by atoms with Crippen molar-refractivity contribution < 1.29 is 23.2 Å². The summed E-state index contributed by atoms with van der Waals surface area (Å²) in [5.74, 6) is -2.17. The van der Waals surface area contributed by atoms with Crippen LogP contribution in [0.2, 0.25) is 5.02 Å². The predicted molar refractivity (Wildman–Crippen MR) is 150 cm³/mol. The van der Waals surface area contributed by atoms with Crippen molar-refractivity contribution in [3.8, 4) is 0 Å². The molecule has 2 aliphatic heterocycles. The molecule has 4 heterocycles. The molecule has 9 nitrogen and oxygen atoms in total. The van der Waals surface area contributed by atoms with Crippen LogP contribution in [0.15, 0.2) is 42.7 Å². The molecule has 1 saturated heterocycles. The van der Waals surface area contributed by atoms with Crippen LogP contribution in [0.5, 0.6) is 0 Å². The van der Waals surface area contributed by atoms with Gasteiger partial charge in [-0.3, -0.25) is 19.4 Å². The van der Waals surface area contributed by atoms with E-state index in [1.54, 1.807) is 18.3 Å². The fourth-order valence-electron chi connectivity index (χ4n) is 7.05. The molecule has 2 spiro atoms. The van der Waals surface area contributed by atoms with Crippen LogP contribution in [0.1, 0.15) is 54.1 Å². The number of aromatic nitrogens is 2. The van der Waals surface area contributed by atoms with Gasteiger partial charge in [-0.15, -0.1) is 0 Å². The Morgan fingerprint density at radius 2 is 1.88 bits per heavy atom. The number of fused-ring (bicyclic) bond motifs is 3. The number of benzene rings is 1. The monoisotopic (exact) mass is 592 g/mol. The van der Waals surface area contributed by atoms with E-state index in [1.807, 2.05) is 6.07 Å². The van der Waals surface area contributed by atoms with Crippen molar-refractivity contribution in [1.82, 2.24) is 20.2 Å². The van der Waals surface area contributed by atoms with Gasteiger partial charge in [-0.25, -0.2) is 13.8 Å². The van der Waals surface area contributed by atoms with E-state index >= 15 is 0 Å². The molecule has 0 radical (unpaired) electrons. The lowest BCUT2D eigenvalue weighted by Crippen LogP contribution is -2.64. The Morgan fingerprint density at radius 1 is 1.12 bits per heavy atom. The number of piperazine rings is 1. The van der Waals surface area contributed by atoms with Crippen molar-refractivity contribution in [2.75, 3.05) is 23.7 Å². The number of pyridine rings is 2. The fourth-order valence-corrected chi connectivity index (χ4v) is 7.16. The molecular formula is C30H27ClF2N6O3. The summed E-state index contributed by atoms with van der Waals surface area (Å²) in [5, 5.41) is 8.39. The van der Waals surface area contributed by atoms with Crippen molar-refractivity contribution in [3.63, 3.8) is 0 Å². The van der Waals surface area contributed by atoms with Crippen LogP contribution in [0.25, 0.3) is 0 Å². The standard InChI is InChI=1S/C30H27ClF2N6O3/c31-25-20(32)9-16(10-21(25)33)23-14-36-30(5-1-2-6-30)28(42)39(23)15-24(40)37-18-8-17-11-29(12-22(17)35-13-18)19-4-3-7-34-26(19)38-27(29)41/h3-4,7-10,13,23,36H,1-2,5-6,11-12,14-15H2,(H,37,40)(H,34,38,41)/t23-,29-/m0/s1. The molecule has 2 aromatic heterocycles. The number of carbonyl (C=O) groups is 3. The minimum atomic E-state index is -0.930. The first-order valence-electron chi connectivity index (χ1n) is 13.9. The Bertz CT molecular complexity index is 1640. The van der Waals surface area contributed by atoms with Gasteiger partial charge < -0.3 is 20.9 Å². The summed E-state index contributed by atoms with van der Waals surface area (Å²) < 4.78 is 28.8. The highest BCUT2D eigenvalue weighted by molar-refractivity contribution is 6.30. The van der Waals surface area contributed by atoms with Crippen LogP contribution in [0.4, 0.5) is 20.3 Å². The zero-order valence-corrected chi connectivity index (χ0v) is 23.2. The summed E-state index contributed by atoms with van der Waals surface area (Å²) in [5.41, 5.74) is 1.50. The Kier molecular flexibility index (Phi) is 6.28. The number of hydrogen-bond donors (Lipinski definition) is 3. The normalized spacial score (nSPS) is 23.8. The zero-order chi connectivity index (χ0) is 29.2. The van der Waals surface area contributed by atoms with E-state index in [2.05, 4.69) is 25.9 Å². The van der Waals surface area contributed by atoms with Crippen molar-refractivity contribution in [2.45, 2.75) is 55.5 Å². The number of anilines is 2. The SMILES string of the molecule is O=C(CN1C(=O)C2(CCCC2)NC[C@H]1c1cc(F)c(Cl)c(F)c1)Nc1cnc2c(c1)C[C@@]1(C2)C(=O)Nc2ncccc21. The van der Waals surface area contributed by atoms with E-state index in [0.717, 1.165) is 41.8 Å². The number of hydrogen-bond acceptors (Lipinski definition) is 6. The molecule has 2 atom stereocenters. The first-order valence-corrected chi connectivity index (χ1v) is 14.3. The number of amides is 3. The third-order valence-electron chi connectivity index (χ3n) is 9.14. The zero-order valence-electron chi connectivity index (χ0n) is 22.5. The maximum atomic E-state index is 14.4. The van der Waals surface area contributed by atoms with Crippen molar-refractivity contribution in [1.29, 1.82) is 0 Å². The molecule has 4 aliphatic rings. The van der Waals surface area contributed by atoms with Crippen LogP contribution >= 0.6 is 11.6 Å². The van der Waals surface area contributed by atoms with Crippen LogP contribution in [-0.4, -0.2) is 51.2 Å². The van der Waals surface area contributed by atoms with Crippen molar-refractivity contribution in [3.05, 3.63) is 81.8 Å². The number of nitrogens with zero attached hydrogens (tertiary/aromatic N) is 3. The van der Waals surface area contributed by atoms with Crippen LogP contribution < -0.4 is 16.0 Å². The van der Waals surface area contributed by atoms with E-state index in [-0.39, 0.29) is 30.5 Å². The first kappa shape index (κ1) is 26.9. The third-order valence-corrected chi connectivity index (χ3v) is 9.50. The fraction of sp³-hybridized carbons (Fsp3) is 0.367. The van der Waals surface area contributed by atoms with Gasteiger partial charge in [-0.05, 0) is 54.7 Å². The summed E-state index contributed by atoms with van der Waals surface area (Å²) in [4.78, 5) is 50.4. The van der Waals surface area contributed by atoms with Crippen LogP contribution in [-0.2, 0) is 32.6 Å². The summed E-state index contributed by atoms with van der Waals surface area (Å²) in [6, 6.07) is 6.94. The van der Waals surface area contributed by atoms with Crippen LogP contribution in [0, 0.1) is 11.6 Å². The molecule has 1 saturated carbocycles. The predicted octanol–water partition coefficient (Wildman–Crippen LogP) is 3.82. The summed E-state index contributed by atoms with van der Waals surface area (Å²) in [6.45, 7) is -0.0817. The summed E-state index contributed by atoms with van der Waals surface area (Å²) >= 11 is 5.70. The quantitative estimate of drug-likeness (QED) is 0.397. The largest absolute Gasteiger partial charge is 0.323 e. The lowest BCUT2D eigenvalue weighted by Gasteiger charge is -2.45. The highest BCUT2D eigenvalue weighted by Crippen LogP contribution is 2.46. The lowest BCUT2D eigenvalue weighted by atomic mass is 9.80. The molecule has 2 fully saturated rings. The van der Waals surface area contributed by atoms with Gasteiger partial charge in [0.2, 0.25) is 17.7 Å². The number of nitrogens with one attached hydrogen (secondary N) is 3. The maximum absolute atomic E-state index is 14.4. The number of halogens is 3. The van der Waals surface area contributed by atoms with Gasteiger partial charge in [0.25, 0.3) is 0 Å². The van der Waals surface area contributed by atoms with Gasteiger partial charge in [-0.2, -0.15) is 0 Å². The molecule has 3 N–H and O–H groups in total. The highest BCUT2D eigenvalue weighted by Gasteiger charge is 2.52. The average Bonchev–Trinajstić information content (AvgIpc) is 3.67. The van der Waals surface area contributed by atoms with Crippen molar-refractivity contribution in [2.24, 2.45) is 0 Å². The molecule has 216 valence electrons. The molecule has 7 rings (SSSR count). The van der Waals surface area contributed by atoms with E-state index in [4.69, 9.17) is 11.6 Å². The molecule has 3 aromatic rings. The van der Waals surface area contributed by atoms with E-state index < -0.39 is 39.6 Å². The molecule has 0 bridgehead atoms. The topological polar surface area (TPSA) is 116 Å². The first-order chi connectivity index (χ1) is 20.2. The van der Waals surface area contributed by atoms with Gasteiger partial charge in [0.1, 0.15) is 29.0 Å². The third kappa shape index (κ3) is 4.17. The minimum absolute atomic E-state index is 0.126. The molecule has 12 heteroatoms. The molecule has 1 aromatic carbocycles. The molecule has 42 heavy (non-hydrogen) atoms. The Hall–Kier alpha value is -3.96. The van der Waals surface area contributed by atoms with E-state index in [1.165, 1.54) is 11.1 Å². The van der Waals surface area contributed by atoms with Crippen LogP contribution in [0.3, 0.4) is 0 Å². The second-order valence-electron chi connectivity index (χ2n) is 11.6. The minimum Gasteiger partial charge on any atom is -0.323 e. The second-order valence-corrected chi connectivity index (χ2v) is 12.0. The van der Waals surface area contributed by atoms with E-state index in [0.29, 0.717) is 37.2 Å². The highest BCUT2D eigenvalue weighted by atomic mass is 35.5. The van der Waals surface area contributed by atoms with Crippen molar-refractivity contribution >= 4 is 40.8 Å². The van der Waals surface area contributed by atoms with E-state index in [9.17, 15) is 23.2 Å². The maximum Gasteiger partial charge on any atom is 0.244 e. The summed E-state index contributed by atoms with van der Waals surface area (Å²) in [6.07, 6.45) is 7.00. The molecule has 3 amide bonds. The lowest BCUT2D eigenvalue weighted by molar-refractivity contribution is -0.147. The van der Waals surface area contributed by atoms with Gasteiger partial charge in [0.15, 0.2) is 0 Å². The number of rotatable bonds is 4. The van der Waals surface area contributed by atoms with Gasteiger partial charge >= 0.3 is 0 Å². The summed E-state index contributed by atoms with van der Waals surface area (Å²) in [7, 11) is 0. The molecular weight excluding hydrogens is 566 g/mol. The van der Waals surface area contributed by atoms with Gasteiger partial charge in [0, 0.05) is 30.4 Å². The number of carbonyl (C=O) groups excluding carboxylic acids is 3. The second kappa shape index (κ2) is 9.81. The molecule has 2 aliphatic carbocycles.